The van der Waals surface area contributed by atoms with Gasteiger partial charge in [-0.25, -0.2) is 4.79 Å². The van der Waals surface area contributed by atoms with Crippen LogP contribution < -0.4 is 0 Å². The van der Waals surface area contributed by atoms with E-state index in [1.54, 1.807) is 20.8 Å². The fourth-order valence-corrected chi connectivity index (χ4v) is 1.19. The number of hydrogen-bond donors (Lipinski definition) is 1. The van der Waals surface area contributed by atoms with Gasteiger partial charge in [-0.3, -0.25) is 4.98 Å². The Bertz CT molecular complexity index is 361. The van der Waals surface area contributed by atoms with Crippen LogP contribution in [0.5, 0.6) is 5.75 Å². The summed E-state index contributed by atoms with van der Waals surface area (Å²) in [6.07, 6.45) is 0. The molecule has 0 fully saturated rings. The normalized spacial score (nSPS) is 9.93. The summed E-state index contributed by atoms with van der Waals surface area (Å²) in [5, 5.41) is 9.56. The summed E-state index contributed by atoms with van der Waals surface area (Å²) in [6.45, 7) is 5.41. The van der Waals surface area contributed by atoms with Crippen LogP contribution in [0.3, 0.4) is 0 Å². The average Bonchev–Trinajstić information content (AvgIpc) is 2.11. The third-order valence-corrected chi connectivity index (χ3v) is 1.79. The van der Waals surface area contributed by atoms with Crippen LogP contribution in [0.1, 0.15) is 28.7 Å². The maximum atomic E-state index is 11.4. The van der Waals surface area contributed by atoms with Gasteiger partial charge in [-0.15, -0.1) is 0 Å². The van der Waals surface area contributed by atoms with E-state index in [0.29, 0.717) is 18.0 Å². The second-order valence-corrected chi connectivity index (χ2v) is 2.97. The van der Waals surface area contributed by atoms with Crippen LogP contribution in [0.2, 0.25) is 0 Å². The number of ether oxygens (including phenoxy) is 1. The largest absolute Gasteiger partial charge is 0.505 e. The summed E-state index contributed by atoms with van der Waals surface area (Å²) in [5.41, 5.74) is 1.30. The summed E-state index contributed by atoms with van der Waals surface area (Å²) in [7, 11) is 0. The lowest BCUT2D eigenvalue weighted by Crippen LogP contribution is -2.06. The number of esters is 1. The Morgan fingerprint density at radius 3 is 2.79 bits per heavy atom. The fraction of sp³-hybridized carbons (Fsp3) is 0.400. The van der Waals surface area contributed by atoms with E-state index >= 15 is 0 Å². The van der Waals surface area contributed by atoms with Crippen LogP contribution in [0.15, 0.2) is 6.07 Å². The average molecular weight is 195 g/mol. The molecule has 4 nitrogen and oxygen atoms in total. The maximum Gasteiger partial charge on any atom is 0.342 e. The van der Waals surface area contributed by atoms with Crippen molar-refractivity contribution in [2.75, 3.05) is 6.61 Å². The number of rotatable bonds is 2. The Labute approximate surface area is 82.5 Å². The topological polar surface area (TPSA) is 59.4 Å². The van der Waals surface area contributed by atoms with Gasteiger partial charge >= 0.3 is 5.97 Å². The second kappa shape index (κ2) is 4.09. The number of carbonyl (C=O) groups is 1. The molecule has 0 amide bonds. The first-order valence-electron chi connectivity index (χ1n) is 4.40. The van der Waals surface area contributed by atoms with Gasteiger partial charge in [-0.1, -0.05) is 0 Å². The van der Waals surface area contributed by atoms with Gasteiger partial charge in [0.15, 0.2) is 5.75 Å². The number of aromatic nitrogens is 1. The molecular weight excluding hydrogens is 182 g/mol. The molecule has 0 aromatic carbocycles. The zero-order valence-electron chi connectivity index (χ0n) is 8.50. The summed E-state index contributed by atoms with van der Waals surface area (Å²) in [6, 6.07) is 1.51. The highest BCUT2D eigenvalue weighted by molar-refractivity contribution is 5.92. The summed E-state index contributed by atoms with van der Waals surface area (Å²) in [4.78, 5) is 15.4. The Kier molecular flexibility index (Phi) is 3.06. The van der Waals surface area contributed by atoms with Crippen LogP contribution in [0.25, 0.3) is 0 Å². The van der Waals surface area contributed by atoms with Crippen molar-refractivity contribution in [1.29, 1.82) is 0 Å². The Hall–Kier alpha value is -1.58. The van der Waals surface area contributed by atoms with Gasteiger partial charge in [0.05, 0.1) is 12.3 Å². The maximum absolute atomic E-state index is 11.4. The zero-order valence-corrected chi connectivity index (χ0v) is 8.50. The SMILES string of the molecule is CCOC(=O)c1cc(C)nc(C)c1O. The molecular formula is C10H13NO3. The summed E-state index contributed by atoms with van der Waals surface area (Å²) >= 11 is 0. The lowest BCUT2D eigenvalue weighted by molar-refractivity contribution is 0.0522. The molecule has 0 unspecified atom stereocenters. The van der Waals surface area contributed by atoms with Crippen molar-refractivity contribution < 1.29 is 14.6 Å². The van der Waals surface area contributed by atoms with Gasteiger partial charge in [0.2, 0.25) is 0 Å². The van der Waals surface area contributed by atoms with Crippen molar-refractivity contribution in [2.45, 2.75) is 20.8 Å². The van der Waals surface area contributed by atoms with Gasteiger partial charge in [0.25, 0.3) is 0 Å². The molecule has 1 rings (SSSR count). The van der Waals surface area contributed by atoms with Gasteiger partial charge in [0, 0.05) is 5.69 Å². The second-order valence-electron chi connectivity index (χ2n) is 2.97. The number of aryl methyl sites for hydroxylation is 2. The molecule has 0 bridgehead atoms. The number of pyridine rings is 1. The molecule has 1 heterocycles. The van der Waals surface area contributed by atoms with Crippen molar-refractivity contribution >= 4 is 5.97 Å². The zero-order chi connectivity index (χ0) is 10.7. The first-order chi connectivity index (χ1) is 6.56. The van der Waals surface area contributed by atoms with E-state index in [9.17, 15) is 9.90 Å². The van der Waals surface area contributed by atoms with Crippen LogP contribution in [0.4, 0.5) is 0 Å². The first-order valence-corrected chi connectivity index (χ1v) is 4.40. The van der Waals surface area contributed by atoms with Crippen molar-refractivity contribution in [3.05, 3.63) is 23.0 Å². The molecule has 1 aromatic rings. The molecule has 1 N–H and O–H groups in total. The predicted octanol–water partition coefficient (Wildman–Crippen LogP) is 1.58. The highest BCUT2D eigenvalue weighted by Gasteiger charge is 2.15. The number of aromatic hydroxyl groups is 1. The molecule has 0 spiro atoms. The third-order valence-electron chi connectivity index (χ3n) is 1.79. The van der Waals surface area contributed by atoms with Crippen LogP contribution in [-0.4, -0.2) is 22.7 Å². The minimum atomic E-state index is -0.515. The molecule has 0 aliphatic carbocycles. The molecule has 14 heavy (non-hydrogen) atoms. The minimum absolute atomic E-state index is 0.103. The van der Waals surface area contributed by atoms with Gasteiger partial charge in [0.1, 0.15) is 5.56 Å². The summed E-state index contributed by atoms with van der Waals surface area (Å²) in [5.74, 6) is -0.618. The smallest absolute Gasteiger partial charge is 0.342 e. The standard InChI is InChI=1S/C10H13NO3/c1-4-14-10(13)8-5-6(2)11-7(3)9(8)12/h5,12H,4H2,1-3H3. The number of carbonyl (C=O) groups excluding carboxylic acids is 1. The Morgan fingerprint density at radius 1 is 1.57 bits per heavy atom. The van der Waals surface area contributed by atoms with Gasteiger partial charge in [-0.05, 0) is 26.8 Å². The Balaban J connectivity index is 3.13. The van der Waals surface area contributed by atoms with E-state index in [4.69, 9.17) is 4.74 Å². The van der Waals surface area contributed by atoms with Crippen molar-refractivity contribution in [3.8, 4) is 5.75 Å². The van der Waals surface area contributed by atoms with Crippen molar-refractivity contribution in [1.82, 2.24) is 4.98 Å². The highest BCUT2D eigenvalue weighted by Crippen LogP contribution is 2.21. The Morgan fingerprint density at radius 2 is 2.21 bits per heavy atom. The quantitative estimate of drug-likeness (QED) is 0.728. The van der Waals surface area contributed by atoms with E-state index in [0.717, 1.165) is 0 Å². The van der Waals surface area contributed by atoms with E-state index in [-0.39, 0.29) is 11.3 Å². The first kappa shape index (κ1) is 10.5. The molecule has 1 aromatic heterocycles. The third kappa shape index (κ3) is 2.02. The van der Waals surface area contributed by atoms with Crippen LogP contribution >= 0.6 is 0 Å². The fourth-order valence-electron chi connectivity index (χ4n) is 1.19. The molecule has 0 radical (unpaired) electrons. The summed E-state index contributed by atoms with van der Waals surface area (Å²) < 4.78 is 4.79. The van der Waals surface area contributed by atoms with E-state index in [1.807, 2.05) is 0 Å². The van der Waals surface area contributed by atoms with Crippen LogP contribution in [0, 0.1) is 13.8 Å². The van der Waals surface area contributed by atoms with Gasteiger partial charge < -0.3 is 9.84 Å². The monoisotopic (exact) mass is 195 g/mol. The molecule has 0 saturated heterocycles. The lowest BCUT2D eigenvalue weighted by Gasteiger charge is -2.06. The lowest BCUT2D eigenvalue weighted by atomic mass is 10.2. The highest BCUT2D eigenvalue weighted by atomic mass is 16.5. The molecule has 0 aliphatic heterocycles. The molecule has 0 aliphatic rings. The molecule has 0 saturated carbocycles. The number of hydrogen-bond acceptors (Lipinski definition) is 4. The van der Waals surface area contributed by atoms with Crippen molar-refractivity contribution in [3.63, 3.8) is 0 Å². The van der Waals surface area contributed by atoms with Gasteiger partial charge in [-0.2, -0.15) is 0 Å². The van der Waals surface area contributed by atoms with E-state index in [1.165, 1.54) is 6.07 Å². The molecule has 76 valence electrons. The van der Waals surface area contributed by atoms with Crippen molar-refractivity contribution in [2.24, 2.45) is 0 Å². The number of nitrogens with zero attached hydrogens (tertiary/aromatic N) is 1. The van der Waals surface area contributed by atoms with E-state index in [2.05, 4.69) is 4.98 Å². The van der Waals surface area contributed by atoms with Crippen LogP contribution in [-0.2, 0) is 4.74 Å². The minimum Gasteiger partial charge on any atom is -0.505 e. The molecule has 0 atom stereocenters. The predicted molar refractivity (Wildman–Crippen MR) is 51.3 cm³/mol. The molecule has 4 heteroatoms. The van der Waals surface area contributed by atoms with E-state index < -0.39 is 5.97 Å².